The molecule has 3 heterocycles. The van der Waals surface area contributed by atoms with E-state index < -0.39 is 18.0 Å². The monoisotopic (exact) mass is 448 g/mol. The van der Waals surface area contributed by atoms with Gasteiger partial charge in [0.15, 0.2) is 0 Å². The lowest BCUT2D eigenvalue weighted by atomic mass is 9.99. The number of rotatable bonds is 5. The SMILES string of the molecule is Cc1ccc(NC(=O)c2ccnc(C(F)F)c2)cc1-c1cnc(N2CCNCC2)c(C#N)c1. The van der Waals surface area contributed by atoms with Crippen LogP contribution in [0.2, 0.25) is 0 Å². The lowest BCUT2D eigenvalue weighted by molar-refractivity contribution is 0.102. The van der Waals surface area contributed by atoms with E-state index >= 15 is 0 Å². The summed E-state index contributed by atoms with van der Waals surface area (Å²) in [6.45, 7) is 5.17. The third kappa shape index (κ3) is 4.96. The lowest BCUT2D eigenvalue weighted by Gasteiger charge is -2.29. The van der Waals surface area contributed by atoms with Crippen molar-refractivity contribution in [2.75, 3.05) is 36.4 Å². The molecule has 0 atom stereocenters. The number of aryl methyl sites for hydroxylation is 1. The van der Waals surface area contributed by atoms with Crippen molar-refractivity contribution in [1.29, 1.82) is 5.26 Å². The molecule has 0 unspecified atom stereocenters. The third-order valence-corrected chi connectivity index (χ3v) is 5.48. The van der Waals surface area contributed by atoms with E-state index in [1.807, 2.05) is 13.0 Å². The Morgan fingerprint density at radius 2 is 1.97 bits per heavy atom. The van der Waals surface area contributed by atoms with Crippen molar-refractivity contribution in [3.05, 3.63) is 71.2 Å². The van der Waals surface area contributed by atoms with E-state index in [2.05, 4.69) is 31.6 Å². The molecule has 1 amide bonds. The molecule has 1 fully saturated rings. The van der Waals surface area contributed by atoms with Crippen LogP contribution >= 0.6 is 0 Å². The van der Waals surface area contributed by atoms with Gasteiger partial charge in [0.05, 0.1) is 5.56 Å². The van der Waals surface area contributed by atoms with Gasteiger partial charge in [-0.1, -0.05) is 6.07 Å². The molecule has 0 radical (unpaired) electrons. The van der Waals surface area contributed by atoms with Crippen molar-refractivity contribution in [3.8, 4) is 17.2 Å². The Morgan fingerprint density at radius 3 is 2.70 bits per heavy atom. The van der Waals surface area contributed by atoms with Crippen molar-refractivity contribution in [1.82, 2.24) is 15.3 Å². The lowest BCUT2D eigenvalue weighted by Crippen LogP contribution is -2.44. The summed E-state index contributed by atoms with van der Waals surface area (Å²) < 4.78 is 25.8. The summed E-state index contributed by atoms with van der Waals surface area (Å²) in [7, 11) is 0. The first-order valence-electron chi connectivity index (χ1n) is 10.5. The number of aromatic nitrogens is 2. The molecule has 7 nitrogen and oxygen atoms in total. The molecule has 3 aromatic rings. The number of alkyl halides is 2. The molecular weight excluding hydrogens is 426 g/mol. The summed E-state index contributed by atoms with van der Waals surface area (Å²) in [6, 6.07) is 11.9. The topological polar surface area (TPSA) is 93.9 Å². The van der Waals surface area contributed by atoms with Gasteiger partial charge in [0.1, 0.15) is 17.6 Å². The highest BCUT2D eigenvalue weighted by atomic mass is 19.3. The Morgan fingerprint density at radius 1 is 1.18 bits per heavy atom. The summed E-state index contributed by atoms with van der Waals surface area (Å²) in [4.78, 5) is 22.8. The summed E-state index contributed by atoms with van der Waals surface area (Å²) in [5.41, 5.74) is 3.13. The summed E-state index contributed by atoms with van der Waals surface area (Å²) in [5.74, 6) is 0.149. The second-order valence-electron chi connectivity index (χ2n) is 7.70. The van der Waals surface area contributed by atoms with Crippen molar-refractivity contribution >= 4 is 17.4 Å². The van der Waals surface area contributed by atoms with Crippen LogP contribution in [-0.2, 0) is 0 Å². The molecular formula is C24H22F2N6O. The Labute approximate surface area is 190 Å². The zero-order valence-corrected chi connectivity index (χ0v) is 18.0. The molecule has 2 N–H and O–H groups in total. The predicted octanol–water partition coefficient (Wildman–Crippen LogP) is 3.92. The van der Waals surface area contributed by atoms with Crippen LogP contribution in [-0.4, -0.2) is 42.1 Å². The number of carbonyl (C=O) groups excluding carboxylic acids is 1. The third-order valence-electron chi connectivity index (χ3n) is 5.48. The first-order valence-corrected chi connectivity index (χ1v) is 10.5. The van der Waals surface area contributed by atoms with E-state index in [-0.39, 0.29) is 5.56 Å². The zero-order valence-electron chi connectivity index (χ0n) is 18.0. The zero-order chi connectivity index (χ0) is 23.4. The molecule has 1 aromatic carbocycles. The summed E-state index contributed by atoms with van der Waals surface area (Å²) >= 11 is 0. The van der Waals surface area contributed by atoms with E-state index in [0.717, 1.165) is 48.9 Å². The minimum atomic E-state index is -2.75. The molecule has 1 aliphatic rings. The summed E-state index contributed by atoms with van der Waals surface area (Å²) in [6.07, 6.45) is 0.158. The smallest absolute Gasteiger partial charge is 0.280 e. The van der Waals surface area contributed by atoms with Gasteiger partial charge in [-0.15, -0.1) is 0 Å². The van der Waals surface area contributed by atoms with Gasteiger partial charge in [0, 0.05) is 55.4 Å². The molecule has 0 saturated carbocycles. The predicted molar refractivity (Wildman–Crippen MR) is 121 cm³/mol. The number of anilines is 2. The van der Waals surface area contributed by atoms with E-state index in [9.17, 15) is 18.8 Å². The van der Waals surface area contributed by atoms with Gasteiger partial charge < -0.3 is 15.5 Å². The van der Waals surface area contributed by atoms with Gasteiger partial charge in [0.25, 0.3) is 12.3 Å². The number of amides is 1. The Kier molecular flexibility index (Phi) is 6.56. The highest BCUT2D eigenvalue weighted by Gasteiger charge is 2.18. The van der Waals surface area contributed by atoms with Gasteiger partial charge in [-0.25, -0.2) is 13.8 Å². The number of carbonyl (C=O) groups is 1. The highest BCUT2D eigenvalue weighted by molar-refractivity contribution is 6.04. The highest BCUT2D eigenvalue weighted by Crippen LogP contribution is 2.30. The van der Waals surface area contributed by atoms with Gasteiger partial charge in [-0.3, -0.25) is 9.78 Å². The number of halogens is 2. The van der Waals surface area contributed by atoms with E-state index in [1.165, 1.54) is 12.3 Å². The minimum Gasteiger partial charge on any atom is -0.353 e. The molecule has 9 heteroatoms. The van der Waals surface area contributed by atoms with Crippen LogP contribution in [0.5, 0.6) is 0 Å². The maximum absolute atomic E-state index is 12.9. The average Bonchev–Trinajstić information content (AvgIpc) is 2.85. The fraction of sp³-hybridized carbons (Fsp3) is 0.250. The fourth-order valence-corrected chi connectivity index (χ4v) is 3.74. The number of hydrogen-bond donors (Lipinski definition) is 2. The van der Waals surface area contributed by atoms with Gasteiger partial charge >= 0.3 is 0 Å². The van der Waals surface area contributed by atoms with Crippen molar-refractivity contribution in [2.45, 2.75) is 13.3 Å². The van der Waals surface area contributed by atoms with E-state index in [4.69, 9.17) is 0 Å². The van der Waals surface area contributed by atoms with Crippen LogP contribution in [0.4, 0.5) is 20.3 Å². The Hall–Kier alpha value is -3.90. The standard InChI is InChI=1S/C24H22F2N6O/c1-15-2-3-19(31-24(33)16-4-5-29-21(11-16)22(25)26)12-20(15)18-10-17(13-27)23(30-14-18)32-8-6-28-7-9-32/h2-5,10-12,14,22,28H,6-9H2,1H3,(H,31,33). The number of pyridine rings is 2. The number of nitriles is 1. The molecule has 1 saturated heterocycles. The maximum atomic E-state index is 12.9. The number of hydrogen-bond acceptors (Lipinski definition) is 6. The second kappa shape index (κ2) is 9.71. The number of piperazine rings is 1. The molecule has 0 aliphatic carbocycles. The number of benzene rings is 1. The molecule has 1 aliphatic heterocycles. The first-order chi connectivity index (χ1) is 16.0. The maximum Gasteiger partial charge on any atom is 0.280 e. The van der Waals surface area contributed by atoms with Crippen LogP contribution < -0.4 is 15.5 Å². The molecule has 2 aromatic heterocycles. The van der Waals surface area contributed by atoms with E-state index in [1.54, 1.807) is 24.4 Å². The minimum absolute atomic E-state index is 0.0937. The Balaban J connectivity index is 1.60. The van der Waals surface area contributed by atoms with Crippen LogP contribution in [0.1, 0.15) is 33.6 Å². The van der Waals surface area contributed by atoms with Crippen molar-refractivity contribution in [3.63, 3.8) is 0 Å². The largest absolute Gasteiger partial charge is 0.353 e. The van der Waals surface area contributed by atoms with Crippen LogP contribution in [0.15, 0.2) is 48.8 Å². The molecule has 0 spiro atoms. The van der Waals surface area contributed by atoms with Crippen LogP contribution in [0.3, 0.4) is 0 Å². The van der Waals surface area contributed by atoms with Gasteiger partial charge in [0.2, 0.25) is 0 Å². The second-order valence-corrected chi connectivity index (χ2v) is 7.70. The number of nitrogens with zero attached hydrogens (tertiary/aromatic N) is 4. The molecule has 0 bridgehead atoms. The van der Waals surface area contributed by atoms with Gasteiger partial charge in [-0.2, -0.15) is 5.26 Å². The molecule has 4 rings (SSSR count). The van der Waals surface area contributed by atoms with Crippen molar-refractivity contribution < 1.29 is 13.6 Å². The van der Waals surface area contributed by atoms with E-state index in [0.29, 0.717) is 17.1 Å². The molecule has 33 heavy (non-hydrogen) atoms. The van der Waals surface area contributed by atoms with Crippen molar-refractivity contribution in [2.24, 2.45) is 0 Å². The summed E-state index contributed by atoms with van der Waals surface area (Å²) in [5, 5.41) is 15.7. The normalized spacial score (nSPS) is 13.6. The quantitative estimate of drug-likeness (QED) is 0.615. The first kappa shape index (κ1) is 22.3. The fourth-order valence-electron chi connectivity index (χ4n) is 3.74. The van der Waals surface area contributed by atoms with Gasteiger partial charge in [-0.05, 0) is 48.4 Å². The average molecular weight is 448 g/mol. The van der Waals surface area contributed by atoms with Crippen LogP contribution in [0.25, 0.3) is 11.1 Å². The number of nitrogens with one attached hydrogen (secondary N) is 2. The molecule has 168 valence electrons. The Bertz CT molecular complexity index is 1220. The van der Waals surface area contributed by atoms with Crippen LogP contribution in [0, 0.1) is 18.3 Å².